The summed E-state index contributed by atoms with van der Waals surface area (Å²) in [5.41, 5.74) is 4.95. The third kappa shape index (κ3) is 9.12. The molecule has 0 aliphatic carbocycles. The number of hydrogen-bond acceptors (Lipinski definition) is 3. The summed E-state index contributed by atoms with van der Waals surface area (Å²) >= 11 is 0. The van der Waals surface area contributed by atoms with Crippen molar-refractivity contribution < 1.29 is 13.9 Å². The van der Waals surface area contributed by atoms with Crippen molar-refractivity contribution in [2.24, 2.45) is 0 Å². The molecule has 32 heavy (non-hydrogen) atoms. The first-order valence-electron chi connectivity index (χ1n) is 12.7. The maximum atomic E-state index is 10.7. The average molecular weight is 459 g/mol. The van der Waals surface area contributed by atoms with Crippen LogP contribution in [0.2, 0.25) is 0 Å². The Balaban J connectivity index is 2.08. The predicted octanol–water partition coefficient (Wildman–Crippen LogP) is 8.73. The van der Waals surface area contributed by atoms with E-state index in [-0.39, 0.29) is 0 Å². The Kier molecular flexibility index (Phi) is 12.8. The first kappa shape index (κ1) is 26.7. The highest BCUT2D eigenvalue weighted by molar-refractivity contribution is 7.41. The first-order chi connectivity index (χ1) is 15.6. The second kappa shape index (κ2) is 15.3. The van der Waals surface area contributed by atoms with Crippen molar-refractivity contribution in [1.82, 2.24) is 0 Å². The van der Waals surface area contributed by atoms with Crippen LogP contribution >= 0.6 is 8.60 Å². The van der Waals surface area contributed by atoms with E-state index in [1.807, 2.05) is 12.1 Å². The van der Waals surface area contributed by atoms with Gasteiger partial charge in [0, 0.05) is 0 Å². The molecule has 0 spiro atoms. The Morgan fingerprint density at radius 3 is 1.44 bits per heavy atom. The van der Waals surface area contributed by atoms with Gasteiger partial charge in [0.05, 0.1) is 0 Å². The summed E-state index contributed by atoms with van der Waals surface area (Å²) in [5, 5.41) is 0. The van der Waals surface area contributed by atoms with Crippen LogP contribution in [0.5, 0.6) is 11.5 Å². The molecular weight excluding hydrogens is 415 g/mol. The molecule has 2 aromatic rings. The molecular formula is C28H43O3P. The van der Waals surface area contributed by atoms with Crippen LogP contribution in [0.3, 0.4) is 0 Å². The fraction of sp³-hybridized carbons (Fsp3) is 0.571. The fourth-order valence-electron chi connectivity index (χ4n) is 3.95. The van der Waals surface area contributed by atoms with E-state index in [4.69, 9.17) is 9.05 Å². The minimum atomic E-state index is -2.04. The second-order valence-electron chi connectivity index (χ2n) is 8.63. The molecule has 0 aliphatic rings. The minimum absolute atomic E-state index is 0.752. The molecule has 0 amide bonds. The standard InChI is InChI=1S/C28H43O3P/c1-5-9-11-13-15-25-21-23(7-3)17-19-27(25)30-32(29)31-28-20-18-24(8-4)22-26(28)16-14-12-10-6-2/h17-22,29H,5-16H2,1-4H3. The number of unbranched alkanes of at least 4 members (excludes halogenated alkanes) is 6. The third-order valence-electron chi connectivity index (χ3n) is 6.02. The third-order valence-corrected chi connectivity index (χ3v) is 6.72. The molecule has 0 saturated heterocycles. The van der Waals surface area contributed by atoms with E-state index in [0.29, 0.717) is 0 Å². The maximum Gasteiger partial charge on any atom is 0.460 e. The van der Waals surface area contributed by atoms with Crippen LogP contribution in [0, 0.1) is 0 Å². The van der Waals surface area contributed by atoms with Crippen LogP contribution in [-0.4, -0.2) is 4.89 Å². The lowest BCUT2D eigenvalue weighted by molar-refractivity contribution is 0.377. The van der Waals surface area contributed by atoms with E-state index in [1.54, 1.807) is 0 Å². The first-order valence-corrected chi connectivity index (χ1v) is 13.8. The summed E-state index contributed by atoms with van der Waals surface area (Å²) in [6.07, 6.45) is 13.6. The van der Waals surface area contributed by atoms with E-state index < -0.39 is 8.60 Å². The van der Waals surface area contributed by atoms with Crippen LogP contribution in [0.15, 0.2) is 36.4 Å². The highest BCUT2D eigenvalue weighted by atomic mass is 31.2. The van der Waals surface area contributed by atoms with E-state index in [1.165, 1.54) is 60.8 Å². The van der Waals surface area contributed by atoms with Crippen molar-refractivity contribution in [2.75, 3.05) is 0 Å². The molecule has 178 valence electrons. The lowest BCUT2D eigenvalue weighted by Gasteiger charge is -2.18. The van der Waals surface area contributed by atoms with Gasteiger partial charge in [0.15, 0.2) is 0 Å². The summed E-state index contributed by atoms with van der Waals surface area (Å²) in [4.78, 5) is 10.7. The van der Waals surface area contributed by atoms with Gasteiger partial charge in [-0.2, -0.15) is 0 Å². The molecule has 0 radical (unpaired) electrons. The zero-order valence-corrected chi connectivity index (χ0v) is 21.6. The van der Waals surface area contributed by atoms with Gasteiger partial charge in [0.1, 0.15) is 11.5 Å². The Bertz CT molecular complexity index is 725. The molecule has 0 aliphatic heterocycles. The molecule has 0 unspecified atom stereocenters. The quantitative estimate of drug-likeness (QED) is 0.202. The van der Waals surface area contributed by atoms with Crippen molar-refractivity contribution in [1.29, 1.82) is 0 Å². The van der Waals surface area contributed by atoms with Gasteiger partial charge in [0.2, 0.25) is 0 Å². The second-order valence-corrected chi connectivity index (χ2v) is 9.47. The van der Waals surface area contributed by atoms with E-state index in [9.17, 15) is 4.89 Å². The molecule has 0 bridgehead atoms. The molecule has 0 saturated carbocycles. The summed E-state index contributed by atoms with van der Waals surface area (Å²) in [6, 6.07) is 12.6. The minimum Gasteiger partial charge on any atom is -0.418 e. The molecule has 0 atom stereocenters. The highest BCUT2D eigenvalue weighted by Gasteiger charge is 2.17. The smallest absolute Gasteiger partial charge is 0.418 e. The van der Waals surface area contributed by atoms with Gasteiger partial charge in [-0.1, -0.05) is 90.5 Å². The molecule has 1 N–H and O–H groups in total. The molecule has 0 fully saturated rings. The van der Waals surface area contributed by atoms with Gasteiger partial charge < -0.3 is 13.9 Å². The maximum absolute atomic E-state index is 10.7. The summed E-state index contributed by atoms with van der Waals surface area (Å²) in [7, 11) is -2.04. The fourth-order valence-corrected chi connectivity index (χ4v) is 4.68. The zero-order valence-electron chi connectivity index (χ0n) is 20.7. The van der Waals surface area contributed by atoms with Crippen LogP contribution in [0.1, 0.15) is 101 Å². The van der Waals surface area contributed by atoms with Gasteiger partial charge in [-0.3, -0.25) is 0 Å². The van der Waals surface area contributed by atoms with Crippen LogP contribution in [-0.2, 0) is 25.7 Å². The summed E-state index contributed by atoms with van der Waals surface area (Å²) in [6.45, 7) is 8.79. The molecule has 0 heterocycles. The Hall–Kier alpha value is -1.57. The van der Waals surface area contributed by atoms with Crippen molar-refractivity contribution >= 4 is 8.60 Å². The average Bonchev–Trinajstić information content (AvgIpc) is 2.81. The lowest BCUT2D eigenvalue weighted by Crippen LogP contribution is -2.01. The van der Waals surface area contributed by atoms with E-state index in [0.717, 1.165) is 50.0 Å². The Morgan fingerprint density at radius 1 is 0.625 bits per heavy atom. The number of hydrogen-bond donors (Lipinski definition) is 1. The highest BCUT2D eigenvalue weighted by Crippen LogP contribution is 2.40. The van der Waals surface area contributed by atoms with Crippen molar-refractivity contribution in [3.8, 4) is 11.5 Å². The lowest BCUT2D eigenvalue weighted by atomic mass is 10.0. The normalized spacial score (nSPS) is 11.2. The van der Waals surface area contributed by atoms with E-state index >= 15 is 0 Å². The van der Waals surface area contributed by atoms with Crippen molar-refractivity contribution in [3.63, 3.8) is 0 Å². The van der Waals surface area contributed by atoms with Gasteiger partial charge in [-0.15, -0.1) is 0 Å². The predicted molar refractivity (Wildman–Crippen MR) is 138 cm³/mol. The molecule has 2 aromatic carbocycles. The van der Waals surface area contributed by atoms with Gasteiger partial charge in [-0.05, 0) is 72.9 Å². The van der Waals surface area contributed by atoms with Crippen molar-refractivity contribution in [3.05, 3.63) is 58.7 Å². The Morgan fingerprint density at radius 2 is 1.06 bits per heavy atom. The number of aryl methyl sites for hydroxylation is 4. The van der Waals surface area contributed by atoms with Gasteiger partial charge >= 0.3 is 8.60 Å². The number of benzene rings is 2. The van der Waals surface area contributed by atoms with Crippen molar-refractivity contribution in [2.45, 2.75) is 105 Å². The topological polar surface area (TPSA) is 38.7 Å². The van der Waals surface area contributed by atoms with Gasteiger partial charge in [0.25, 0.3) is 0 Å². The van der Waals surface area contributed by atoms with E-state index in [2.05, 4.69) is 52.0 Å². The summed E-state index contributed by atoms with van der Waals surface area (Å²) < 4.78 is 11.9. The molecule has 3 nitrogen and oxygen atoms in total. The monoisotopic (exact) mass is 458 g/mol. The Labute approximate surface area is 197 Å². The zero-order chi connectivity index (χ0) is 23.2. The van der Waals surface area contributed by atoms with Crippen LogP contribution in [0.4, 0.5) is 0 Å². The van der Waals surface area contributed by atoms with Crippen LogP contribution in [0.25, 0.3) is 0 Å². The SMILES string of the molecule is CCCCCCc1cc(CC)ccc1OP(O)Oc1ccc(CC)cc1CCCCCC. The molecule has 4 heteroatoms. The molecule has 0 aromatic heterocycles. The van der Waals surface area contributed by atoms with Crippen LogP contribution < -0.4 is 9.05 Å². The molecule has 2 rings (SSSR count). The largest absolute Gasteiger partial charge is 0.460 e. The van der Waals surface area contributed by atoms with Gasteiger partial charge in [-0.25, -0.2) is 0 Å². The number of rotatable bonds is 16. The summed E-state index contributed by atoms with van der Waals surface area (Å²) in [5.74, 6) is 1.50.